The fourth-order valence-electron chi connectivity index (χ4n) is 3.90. The average molecular weight is 509 g/mol. The number of ether oxygens (including phenoxy) is 2. The maximum absolute atomic E-state index is 13.5. The predicted octanol–water partition coefficient (Wildman–Crippen LogP) is 3.81. The van der Waals surface area contributed by atoms with Crippen LogP contribution in [0.4, 0.5) is 15.9 Å². The molecule has 1 aromatic heterocycles. The van der Waals surface area contributed by atoms with E-state index < -0.39 is 11.9 Å². The molecule has 2 aromatic carbocycles. The van der Waals surface area contributed by atoms with Crippen molar-refractivity contribution in [3.8, 4) is 11.5 Å². The van der Waals surface area contributed by atoms with E-state index in [9.17, 15) is 14.0 Å². The van der Waals surface area contributed by atoms with Gasteiger partial charge in [0.1, 0.15) is 29.2 Å². The van der Waals surface area contributed by atoms with Crippen LogP contribution in [0.5, 0.6) is 11.5 Å². The topological polar surface area (TPSA) is 84.0 Å². The number of thiocarbonyl (C=S) groups is 1. The lowest BCUT2D eigenvalue weighted by molar-refractivity contribution is -0.124. The lowest BCUT2D eigenvalue weighted by atomic mass is 10.1. The highest BCUT2D eigenvalue weighted by atomic mass is 32.1. The van der Waals surface area contributed by atoms with Gasteiger partial charge in [0.15, 0.2) is 5.11 Å². The minimum Gasteiger partial charge on any atom is -0.497 e. The number of rotatable bonds is 9. The summed E-state index contributed by atoms with van der Waals surface area (Å²) in [7, 11) is 3.13. The van der Waals surface area contributed by atoms with Crippen LogP contribution in [0.2, 0.25) is 0 Å². The van der Waals surface area contributed by atoms with E-state index in [0.29, 0.717) is 30.2 Å². The van der Waals surface area contributed by atoms with Crippen LogP contribution >= 0.6 is 12.2 Å². The van der Waals surface area contributed by atoms with Gasteiger partial charge in [0, 0.05) is 6.54 Å². The summed E-state index contributed by atoms with van der Waals surface area (Å²) in [6.07, 6.45) is 1.95. The normalized spacial score (nSPS) is 15.2. The van der Waals surface area contributed by atoms with Gasteiger partial charge >= 0.3 is 0 Å². The Bertz CT molecular complexity index is 1240. The lowest BCUT2D eigenvalue weighted by Crippen LogP contribution is -2.39. The van der Waals surface area contributed by atoms with E-state index in [2.05, 4.69) is 10.3 Å². The number of halogens is 1. The monoisotopic (exact) mass is 508 g/mol. The number of anilines is 2. The highest BCUT2D eigenvalue weighted by Gasteiger charge is 2.43. The zero-order valence-electron chi connectivity index (χ0n) is 19.8. The Hall–Kier alpha value is -4.05. The van der Waals surface area contributed by atoms with Gasteiger partial charge in [-0.2, -0.15) is 0 Å². The Morgan fingerprint density at radius 3 is 2.31 bits per heavy atom. The molecule has 3 aromatic rings. The number of aromatic nitrogens is 1. The summed E-state index contributed by atoms with van der Waals surface area (Å²) in [5, 5.41) is 2.98. The number of hydrogen-bond acceptors (Lipinski definition) is 6. The van der Waals surface area contributed by atoms with Gasteiger partial charge in [0.05, 0.1) is 32.5 Å². The number of carbonyl (C=O) groups is 2. The fourth-order valence-corrected chi connectivity index (χ4v) is 4.32. The van der Waals surface area contributed by atoms with Crippen molar-refractivity contribution >= 4 is 40.6 Å². The second-order valence-corrected chi connectivity index (χ2v) is 8.44. The van der Waals surface area contributed by atoms with Crippen molar-refractivity contribution in [1.29, 1.82) is 0 Å². The van der Waals surface area contributed by atoms with E-state index in [-0.39, 0.29) is 23.3 Å². The smallest absolute Gasteiger partial charge is 0.256 e. The molecule has 1 unspecified atom stereocenters. The van der Waals surface area contributed by atoms with E-state index >= 15 is 0 Å². The van der Waals surface area contributed by atoms with E-state index in [0.717, 1.165) is 11.3 Å². The van der Waals surface area contributed by atoms with Crippen LogP contribution in [-0.2, 0) is 16.0 Å². The van der Waals surface area contributed by atoms with Crippen LogP contribution in [0.25, 0.3) is 0 Å². The Labute approximate surface area is 213 Å². The molecule has 0 saturated carbocycles. The molecule has 1 atom stereocenters. The third-order valence-corrected chi connectivity index (χ3v) is 6.24. The van der Waals surface area contributed by atoms with E-state index in [4.69, 9.17) is 21.7 Å². The van der Waals surface area contributed by atoms with Crippen LogP contribution in [0.3, 0.4) is 0 Å². The molecular weight excluding hydrogens is 483 g/mol. The number of carbonyl (C=O) groups excluding carboxylic acids is 2. The van der Waals surface area contributed by atoms with Crippen molar-refractivity contribution in [2.75, 3.05) is 31.0 Å². The predicted molar refractivity (Wildman–Crippen MR) is 138 cm³/mol. The summed E-state index contributed by atoms with van der Waals surface area (Å²) in [5.74, 6) is 0.492. The molecule has 0 bridgehead atoms. The maximum atomic E-state index is 13.5. The quantitative estimate of drug-likeness (QED) is 0.440. The Morgan fingerprint density at radius 1 is 1.03 bits per heavy atom. The van der Waals surface area contributed by atoms with Crippen molar-refractivity contribution in [3.05, 3.63) is 78.2 Å². The van der Waals surface area contributed by atoms with E-state index in [1.807, 2.05) is 24.3 Å². The van der Waals surface area contributed by atoms with Gasteiger partial charge in [-0.25, -0.2) is 9.37 Å². The molecule has 1 fully saturated rings. The zero-order chi connectivity index (χ0) is 25.7. The zero-order valence-corrected chi connectivity index (χ0v) is 20.6. The first-order chi connectivity index (χ1) is 17.4. The van der Waals surface area contributed by atoms with Crippen molar-refractivity contribution < 1.29 is 23.5 Å². The van der Waals surface area contributed by atoms with E-state index in [1.165, 1.54) is 42.5 Å². The highest BCUT2D eigenvalue weighted by Crippen LogP contribution is 2.28. The minimum atomic E-state index is -0.820. The molecule has 10 heteroatoms. The van der Waals surface area contributed by atoms with Gasteiger partial charge in [-0.05, 0) is 72.7 Å². The molecule has 8 nitrogen and oxygen atoms in total. The Kier molecular flexibility index (Phi) is 7.74. The average Bonchev–Trinajstić information content (AvgIpc) is 3.12. The summed E-state index contributed by atoms with van der Waals surface area (Å²) >= 11 is 5.66. The van der Waals surface area contributed by atoms with Crippen LogP contribution in [0.15, 0.2) is 66.9 Å². The van der Waals surface area contributed by atoms with Crippen LogP contribution in [0.1, 0.15) is 12.0 Å². The fraction of sp³-hybridized carbons (Fsp3) is 0.231. The van der Waals surface area contributed by atoms with Gasteiger partial charge in [-0.3, -0.25) is 14.5 Å². The maximum Gasteiger partial charge on any atom is 0.256 e. The molecule has 1 aliphatic rings. The number of nitrogens with one attached hydrogen (secondary N) is 1. The molecule has 2 heterocycles. The van der Waals surface area contributed by atoms with Crippen molar-refractivity contribution in [1.82, 2.24) is 9.88 Å². The molecule has 0 aliphatic carbocycles. The number of benzene rings is 2. The standard InChI is InChI=1S/C26H25FN4O4S/c1-34-20-9-3-17(4-10-20)13-14-30-22(15-24(32)29-23-12-11-21(35-2)16-28-23)25(33)31(26(30)36)19-7-5-18(27)6-8-19/h3-12,16,22H,13-15H2,1-2H3,(H,28,29,32). The van der Waals surface area contributed by atoms with Gasteiger partial charge in [-0.15, -0.1) is 0 Å². The number of methoxy groups -OCH3 is 2. The highest BCUT2D eigenvalue weighted by molar-refractivity contribution is 7.80. The molecule has 1 saturated heterocycles. The van der Waals surface area contributed by atoms with Gasteiger partial charge in [0.25, 0.3) is 5.91 Å². The third kappa shape index (κ3) is 5.60. The summed E-state index contributed by atoms with van der Waals surface area (Å²) in [4.78, 5) is 33.6. The van der Waals surface area contributed by atoms with Crippen molar-refractivity contribution in [3.63, 3.8) is 0 Å². The SMILES string of the molecule is COc1ccc(CCN2C(=S)N(c3ccc(F)cc3)C(=O)C2CC(=O)Nc2ccc(OC)cn2)cc1. The van der Waals surface area contributed by atoms with Gasteiger partial charge in [0.2, 0.25) is 5.91 Å². The van der Waals surface area contributed by atoms with E-state index in [1.54, 1.807) is 24.1 Å². The lowest BCUT2D eigenvalue weighted by Gasteiger charge is -2.24. The molecule has 2 amide bonds. The van der Waals surface area contributed by atoms with Crippen LogP contribution < -0.4 is 19.7 Å². The first-order valence-electron chi connectivity index (χ1n) is 11.2. The Morgan fingerprint density at radius 2 is 1.69 bits per heavy atom. The minimum absolute atomic E-state index is 0.132. The van der Waals surface area contributed by atoms with Crippen LogP contribution in [0, 0.1) is 5.82 Å². The van der Waals surface area contributed by atoms with Crippen molar-refractivity contribution in [2.24, 2.45) is 0 Å². The molecule has 0 spiro atoms. The molecule has 0 radical (unpaired) electrons. The summed E-state index contributed by atoms with van der Waals surface area (Å²) in [6.45, 7) is 0.410. The summed E-state index contributed by atoms with van der Waals surface area (Å²) in [6, 6.07) is 15.6. The Balaban J connectivity index is 1.53. The van der Waals surface area contributed by atoms with Gasteiger partial charge in [-0.1, -0.05) is 12.1 Å². The second kappa shape index (κ2) is 11.1. The largest absolute Gasteiger partial charge is 0.497 e. The molecule has 1 aliphatic heterocycles. The molecular formula is C26H25FN4O4S. The summed E-state index contributed by atoms with van der Waals surface area (Å²) in [5.41, 5.74) is 1.47. The first-order valence-corrected chi connectivity index (χ1v) is 11.6. The van der Waals surface area contributed by atoms with Crippen molar-refractivity contribution in [2.45, 2.75) is 18.9 Å². The van der Waals surface area contributed by atoms with Gasteiger partial charge < -0.3 is 19.7 Å². The van der Waals surface area contributed by atoms with Crippen LogP contribution in [-0.4, -0.2) is 53.6 Å². The summed E-state index contributed by atoms with van der Waals surface area (Å²) < 4.78 is 23.8. The molecule has 1 N–H and O–H groups in total. The molecule has 186 valence electrons. The number of pyridine rings is 1. The number of nitrogens with zero attached hydrogens (tertiary/aromatic N) is 3. The molecule has 36 heavy (non-hydrogen) atoms. The first kappa shape index (κ1) is 25.1. The number of amides is 2. The second-order valence-electron chi connectivity index (χ2n) is 8.08. The number of hydrogen-bond donors (Lipinski definition) is 1. The third-order valence-electron chi connectivity index (χ3n) is 5.82. The molecule has 4 rings (SSSR count).